The van der Waals surface area contributed by atoms with Gasteiger partial charge >= 0.3 is 0 Å². The fourth-order valence-corrected chi connectivity index (χ4v) is 1.79. The Hall–Kier alpha value is -1.25. The van der Waals surface area contributed by atoms with Gasteiger partial charge in [0.25, 0.3) is 0 Å². The highest BCUT2D eigenvalue weighted by atomic mass is 35.5. The fraction of sp³-hybridized carbons (Fsp3) is 0.333. The highest BCUT2D eigenvalue weighted by Gasteiger charge is 2.05. The Morgan fingerprint density at radius 1 is 1.17 bits per heavy atom. The third-order valence-corrected chi connectivity index (χ3v) is 3.28. The standard InChI is InChI=1S/C15H18ClNO/c1-3-11(2)17-10-14-8-9-15(18-14)12-4-6-13(16)7-5-12/h4-9,11,17H,3,10H2,1-2H3/t11-/m1/s1. The topological polar surface area (TPSA) is 25.2 Å². The van der Waals surface area contributed by atoms with Gasteiger partial charge in [-0.15, -0.1) is 0 Å². The molecule has 1 aromatic carbocycles. The van der Waals surface area contributed by atoms with E-state index in [0.717, 1.165) is 35.1 Å². The maximum absolute atomic E-state index is 5.86. The van der Waals surface area contributed by atoms with Crippen molar-refractivity contribution in [1.82, 2.24) is 5.32 Å². The molecule has 2 nitrogen and oxygen atoms in total. The second-order valence-electron chi connectivity index (χ2n) is 4.46. The molecular formula is C15H18ClNO. The van der Waals surface area contributed by atoms with Crippen LogP contribution in [-0.2, 0) is 6.54 Å². The second kappa shape index (κ2) is 6.07. The minimum absolute atomic E-state index is 0.508. The summed E-state index contributed by atoms with van der Waals surface area (Å²) in [4.78, 5) is 0. The summed E-state index contributed by atoms with van der Waals surface area (Å²) in [6, 6.07) is 12.2. The minimum atomic E-state index is 0.508. The molecule has 0 aliphatic rings. The van der Waals surface area contributed by atoms with Crippen LogP contribution in [0.15, 0.2) is 40.8 Å². The average Bonchev–Trinajstić information content (AvgIpc) is 2.85. The molecule has 1 heterocycles. The Morgan fingerprint density at radius 2 is 1.89 bits per heavy atom. The van der Waals surface area contributed by atoms with Crippen LogP contribution < -0.4 is 5.32 Å². The second-order valence-corrected chi connectivity index (χ2v) is 4.90. The summed E-state index contributed by atoms with van der Waals surface area (Å²) in [5.74, 6) is 1.84. The van der Waals surface area contributed by atoms with E-state index in [1.54, 1.807) is 0 Å². The quantitative estimate of drug-likeness (QED) is 0.860. The molecule has 3 heteroatoms. The predicted octanol–water partition coefficient (Wildman–Crippen LogP) is 4.49. The largest absolute Gasteiger partial charge is 0.460 e. The first-order valence-corrected chi connectivity index (χ1v) is 6.65. The Balaban J connectivity index is 2.03. The van der Waals surface area contributed by atoms with Crippen molar-refractivity contribution < 1.29 is 4.42 Å². The van der Waals surface area contributed by atoms with Gasteiger partial charge in [0.15, 0.2) is 0 Å². The van der Waals surface area contributed by atoms with E-state index >= 15 is 0 Å². The summed E-state index contributed by atoms with van der Waals surface area (Å²) >= 11 is 5.86. The number of halogens is 1. The zero-order chi connectivity index (χ0) is 13.0. The maximum atomic E-state index is 5.86. The minimum Gasteiger partial charge on any atom is -0.460 e. The normalized spacial score (nSPS) is 12.6. The lowest BCUT2D eigenvalue weighted by atomic mass is 10.2. The van der Waals surface area contributed by atoms with Crippen molar-refractivity contribution in [2.75, 3.05) is 0 Å². The summed E-state index contributed by atoms with van der Waals surface area (Å²) in [5.41, 5.74) is 1.05. The molecule has 0 aliphatic heterocycles. The summed E-state index contributed by atoms with van der Waals surface area (Å²) < 4.78 is 5.80. The Labute approximate surface area is 113 Å². The fourth-order valence-electron chi connectivity index (χ4n) is 1.66. The van der Waals surface area contributed by atoms with Crippen LogP contribution in [0.5, 0.6) is 0 Å². The first kappa shape index (κ1) is 13.2. The van der Waals surface area contributed by atoms with Crippen LogP contribution >= 0.6 is 11.6 Å². The van der Waals surface area contributed by atoms with Crippen molar-refractivity contribution in [3.8, 4) is 11.3 Å². The lowest BCUT2D eigenvalue weighted by Crippen LogP contribution is -2.24. The van der Waals surface area contributed by atoms with Crippen molar-refractivity contribution in [2.45, 2.75) is 32.9 Å². The molecule has 2 rings (SSSR count). The molecule has 18 heavy (non-hydrogen) atoms. The van der Waals surface area contributed by atoms with Gasteiger partial charge in [0.05, 0.1) is 6.54 Å². The molecule has 1 aromatic heterocycles. The van der Waals surface area contributed by atoms with E-state index in [1.165, 1.54) is 0 Å². The van der Waals surface area contributed by atoms with E-state index < -0.39 is 0 Å². The predicted molar refractivity (Wildman–Crippen MR) is 75.7 cm³/mol. The molecule has 0 radical (unpaired) electrons. The van der Waals surface area contributed by atoms with Gasteiger partial charge in [-0.3, -0.25) is 0 Å². The molecular weight excluding hydrogens is 246 g/mol. The smallest absolute Gasteiger partial charge is 0.134 e. The van der Waals surface area contributed by atoms with Crippen LogP contribution in [0, 0.1) is 0 Å². The van der Waals surface area contributed by atoms with E-state index in [0.29, 0.717) is 6.04 Å². The van der Waals surface area contributed by atoms with Gasteiger partial charge in [-0.25, -0.2) is 0 Å². The van der Waals surface area contributed by atoms with E-state index in [2.05, 4.69) is 19.2 Å². The van der Waals surface area contributed by atoms with Crippen LogP contribution in [0.25, 0.3) is 11.3 Å². The molecule has 0 saturated heterocycles. The van der Waals surface area contributed by atoms with Gasteiger partial charge in [-0.1, -0.05) is 18.5 Å². The van der Waals surface area contributed by atoms with Crippen LogP contribution in [0.3, 0.4) is 0 Å². The first-order valence-electron chi connectivity index (χ1n) is 6.27. The van der Waals surface area contributed by atoms with Crippen molar-refractivity contribution in [3.05, 3.63) is 47.2 Å². The SMILES string of the molecule is CC[C@@H](C)NCc1ccc(-c2ccc(Cl)cc2)o1. The molecule has 0 saturated carbocycles. The average molecular weight is 264 g/mol. The number of rotatable bonds is 5. The summed E-state index contributed by atoms with van der Waals surface area (Å²) in [5, 5.41) is 4.15. The molecule has 0 bridgehead atoms. The zero-order valence-electron chi connectivity index (χ0n) is 10.7. The van der Waals surface area contributed by atoms with Gasteiger partial charge in [0.1, 0.15) is 11.5 Å². The molecule has 1 N–H and O–H groups in total. The van der Waals surface area contributed by atoms with Crippen LogP contribution in [-0.4, -0.2) is 6.04 Å². The number of benzene rings is 1. The van der Waals surface area contributed by atoms with Gasteiger partial charge in [-0.05, 0) is 49.7 Å². The van der Waals surface area contributed by atoms with Crippen molar-refractivity contribution >= 4 is 11.6 Å². The van der Waals surface area contributed by atoms with Gasteiger partial charge in [0.2, 0.25) is 0 Å². The van der Waals surface area contributed by atoms with E-state index in [9.17, 15) is 0 Å². The molecule has 0 amide bonds. The van der Waals surface area contributed by atoms with Gasteiger partial charge < -0.3 is 9.73 Å². The molecule has 2 aromatic rings. The number of hydrogen-bond donors (Lipinski definition) is 1. The van der Waals surface area contributed by atoms with Gasteiger partial charge in [-0.2, -0.15) is 0 Å². The van der Waals surface area contributed by atoms with Crippen molar-refractivity contribution in [1.29, 1.82) is 0 Å². The Bertz CT molecular complexity index is 489. The van der Waals surface area contributed by atoms with E-state index in [4.69, 9.17) is 16.0 Å². The lowest BCUT2D eigenvalue weighted by Gasteiger charge is -2.08. The maximum Gasteiger partial charge on any atom is 0.134 e. The molecule has 0 aliphatic carbocycles. The van der Waals surface area contributed by atoms with E-state index in [-0.39, 0.29) is 0 Å². The van der Waals surface area contributed by atoms with Crippen LogP contribution in [0.1, 0.15) is 26.0 Å². The summed E-state index contributed by atoms with van der Waals surface area (Å²) in [7, 11) is 0. The third kappa shape index (κ3) is 3.37. The number of nitrogens with one attached hydrogen (secondary N) is 1. The van der Waals surface area contributed by atoms with Crippen LogP contribution in [0.4, 0.5) is 0 Å². The van der Waals surface area contributed by atoms with Crippen molar-refractivity contribution in [3.63, 3.8) is 0 Å². The zero-order valence-corrected chi connectivity index (χ0v) is 11.5. The Morgan fingerprint density at radius 3 is 2.56 bits per heavy atom. The van der Waals surface area contributed by atoms with E-state index in [1.807, 2.05) is 36.4 Å². The molecule has 0 unspecified atom stereocenters. The molecule has 0 fully saturated rings. The Kier molecular flexibility index (Phi) is 4.45. The lowest BCUT2D eigenvalue weighted by molar-refractivity contribution is 0.457. The van der Waals surface area contributed by atoms with Crippen molar-refractivity contribution in [2.24, 2.45) is 0 Å². The molecule has 0 spiro atoms. The molecule has 1 atom stereocenters. The molecule has 96 valence electrons. The monoisotopic (exact) mass is 263 g/mol. The summed E-state index contributed by atoms with van der Waals surface area (Å²) in [6.45, 7) is 5.10. The van der Waals surface area contributed by atoms with Crippen LogP contribution in [0.2, 0.25) is 5.02 Å². The first-order chi connectivity index (χ1) is 8.69. The highest BCUT2D eigenvalue weighted by molar-refractivity contribution is 6.30. The number of hydrogen-bond acceptors (Lipinski definition) is 2. The van der Waals surface area contributed by atoms with Gasteiger partial charge in [0, 0.05) is 16.6 Å². The highest BCUT2D eigenvalue weighted by Crippen LogP contribution is 2.23. The number of furan rings is 1. The third-order valence-electron chi connectivity index (χ3n) is 3.03. The summed E-state index contributed by atoms with van der Waals surface area (Å²) in [6.07, 6.45) is 1.12.